The van der Waals surface area contributed by atoms with Gasteiger partial charge in [0, 0.05) is 15.7 Å². The first-order chi connectivity index (χ1) is 17.5. The first-order valence-electron chi connectivity index (χ1n) is 11.0. The van der Waals surface area contributed by atoms with Crippen LogP contribution in [0.3, 0.4) is 0 Å². The van der Waals surface area contributed by atoms with Crippen molar-refractivity contribution in [3.63, 3.8) is 0 Å². The summed E-state index contributed by atoms with van der Waals surface area (Å²) in [5.41, 5.74) is 2.31. The van der Waals surface area contributed by atoms with Crippen LogP contribution in [0.25, 0.3) is 16.8 Å². The van der Waals surface area contributed by atoms with Crippen LogP contribution < -0.4 is 10.1 Å². The summed E-state index contributed by atoms with van der Waals surface area (Å²) in [6.07, 6.45) is 1.49. The number of nitrogens with zero attached hydrogens (tertiary/aromatic N) is 1. The Morgan fingerprint density at radius 1 is 1.00 bits per heavy atom. The van der Waals surface area contributed by atoms with Crippen LogP contribution in [0.2, 0.25) is 0 Å². The molecule has 36 heavy (non-hydrogen) atoms. The third-order valence-corrected chi connectivity index (χ3v) is 5.96. The van der Waals surface area contributed by atoms with E-state index in [1.165, 1.54) is 25.3 Å². The van der Waals surface area contributed by atoms with Gasteiger partial charge in [0.1, 0.15) is 24.0 Å². The fourth-order valence-corrected chi connectivity index (χ4v) is 4.03. The molecule has 0 heterocycles. The molecule has 4 aromatic carbocycles. The van der Waals surface area contributed by atoms with E-state index in [-0.39, 0.29) is 5.57 Å². The molecule has 4 rings (SSSR count). The molecule has 1 N–H and O–H groups in total. The fraction of sp³-hybridized carbons (Fsp3) is 0.0690. The highest BCUT2D eigenvalue weighted by Gasteiger charge is 2.13. The maximum Gasteiger partial charge on any atom is 0.337 e. The average Bonchev–Trinajstić information content (AvgIpc) is 2.91. The van der Waals surface area contributed by atoms with Gasteiger partial charge in [0.2, 0.25) is 0 Å². The van der Waals surface area contributed by atoms with Gasteiger partial charge in [-0.15, -0.1) is 0 Å². The first-order valence-corrected chi connectivity index (χ1v) is 11.8. The van der Waals surface area contributed by atoms with Crippen LogP contribution in [0.4, 0.5) is 5.69 Å². The standard InChI is InChI=1S/C29H21BrN2O4/c1-35-29(34)20-9-12-25(13-10-20)32-28(33)23(17-31)15-22-16-24(30)11-14-27(22)36-18-21-7-4-6-19-5-2-3-8-26(19)21/h2-16H,18H2,1H3,(H,32,33)/b23-15+. The van der Waals surface area contributed by atoms with Crippen LogP contribution in [-0.2, 0) is 16.1 Å². The number of hydrogen-bond acceptors (Lipinski definition) is 5. The fourth-order valence-electron chi connectivity index (χ4n) is 3.65. The summed E-state index contributed by atoms with van der Waals surface area (Å²) in [6, 6.07) is 27.7. The number of fused-ring (bicyclic) bond motifs is 1. The number of nitriles is 1. The average molecular weight is 541 g/mol. The van der Waals surface area contributed by atoms with Gasteiger partial charge in [0.15, 0.2) is 0 Å². The molecule has 0 bridgehead atoms. The minimum atomic E-state index is -0.580. The number of halogens is 1. The number of carbonyl (C=O) groups excluding carboxylic acids is 2. The SMILES string of the molecule is COC(=O)c1ccc(NC(=O)/C(C#N)=C/c2cc(Br)ccc2OCc2cccc3ccccc23)cc1. The topological polar surface area (TPSA) is 88.4 Å². The molecule has 0 radical (unpaired) electrons. The molecule has 0 saturated carbocycles. The highest BCUT2D eigenvalue weighted by atomic mass is 79.9. The molecule has 0 aliphatic carbocycles. The van der Waals surface area contributed by atoms with Crippen LogP contribution in [0.15, 0.2) is 95.0 Å². The maximum absolute atomic E-state index is 12.8. The van der Waals surface area contributed by atoms with E-state index in [9.17, 15) is 14.9 Å². The van der Waals surface area contributed by atoms with E-state index in [0.29, 0.717) is 29.2 Å². The number of rotatable bonds is 7. The van der Waals surface area contributed by atoms with Crippen molar-refractivity contribution >= 4 is 50.3 Å². The molecule has 4 aromatic rings. The Bertz CT molecular complexity index is 1500. The predicted molar refractivity (Wildman–Crippen MR) is 142 cm³/mol. The Kier molecular flexibility index (Phi) is 7.79. The minimum absolute atomic E-state index is 0.0971. The minimum Gasteiger partial charge on any atom is -0.488 e. The van der Waals surface area contributed by atoms with Gasteiger partial charge >= 0.3 is 5.97 Å². The molecule has 0 spiro atoms. The Hall–Kier alpha value is -4.41. The van der Waals surface area contributed by atoms with Crippen LogP contribution in [-0.4, -0.2) is 19.0 Å². The highest BCUT2D eigenvalue weighted by Crippen LogP contribution is 2.28. The van der Waals surface area contributed by atoms with Crippen LogP contribution in [0.5, 0.6) is 5.75 Å². The largest absolute Gasteiger partial charge is 0.488 e. The van der Waals surface area contributed by atoms with Crippen LogP contribution in [0.1, 0.15) is 21.5 Å². The highest BCUT2D eigenvalue weighted by molar-refractivity contribution is 9.10. The van der Waals surface area contributed by atoms with Crippen molar-refractivity contribution < 1.29 is 19.1 Å². The predicted octanol–water partition coefficient (Wildman–Crippen LogP) is 6.51. The van der Waals surface area contributed by atoms with E-state index in [0.717, 1.165) is 20.8 Å². The zero-order valence-electron chi connectivity index (χ0n) is 19.3. The van der Waals surface area contributed by atoms with Crippen molar-refractivity contribution in [2.45, 2.75) is 6.61 Å². The zero-order valence-corrected chi connectivity index (χ0v) is 20.9. The molecule has 0 aromatic heterocycles. The molecule has 178 valence electrons. The molecule has 6 nitrogen and oxygen atoms in total. The molecule has 0 aliphatic heterocycles. The van der Waals surface area contributed by atoms with E-state index in [2.05, 4.69) is 26.0 Å². The lowest BCUT2D eigenvalue weighted by atomic mass is 10.1. The second-order valence-electron chi connectivity index (χ2n) is 7.80. The summed E-state index contributed by atoms with van der Waals surface area (Å²) in [4.78, 5) is 24.4. The van der Waals surface area contributed by atoms with E-state index < -0.39 is 11.9 Å². The lowest BCUT2D eigenvalue weighted by Crippen LogP contribution is -2.13. The summed E-state index contributed by atoms with van der Waals surface area (Å²) in [5, 5.41) is 14.6. The van der Waals surface area contributed by atoms with E-state index >= 15 is 0 Å². The van der Waals surface area contributed by atoms with Gasteiger partial charge in [-0.3, -0.25) is 4.79 Å². The smallest absolute Gasteiger partial charge is 0.337 e. The second-order valence-corrected chi connectivity index (χ2v) is 8.72. The number of methoxy groups -OCH3 is 1. The Morgan fingerprint density at radius 2 is 1.75 bits per heavy atom. The van der Waals surface area contributed by atoms with Gasteiger partial charge in [-0.05, 0) is 64.9 Å². The van der Waals surface area contributed by atoms with Crippen LogP contribution in [0, 0.1) is 11.3 Å². The van der Waals surface area contributed by atoms with Crippen molar-refractivity contribution in [3.8, 4) is 11.8 Å². The summed E-state index contributed by atoms with van der Waals surface area (Å²) >= 11 is 3.45. The quantitative estimate of drug-likeness (QED) is 0.164. The molecule has 0 aliphatic rings. The van der Waals surface area contributed by atoms with Gasteiger partial charge in [0.05, 0.1) is 12.7 Å². The lowest BCUT2D eigenvalue weighted by Gasteiger charge is -2.12. The summed E-state index contributed by atoms with van der Waals surface area (Å²) in [7, 11) is 1.30. The molecule has 7 heteroatoms. The maximum atomic E-state index is 12.8. The lowest BCUT2D eigenvalue weighted by molar-refractivity contribution is -0.112. The number of ether oxygens (including phenoxy) is 2. The van der Waals surface area contributed by atoms with Crippen molar-refractivity contribution in [1.29, 1.82) is 5.26 Å². The number of benzene rings is 4. The first kappa shape index (κ1) is 24.7. The third-order valence-electron chi connectivity index (χ3n) is 5.46. The number of nitrogens with one attached hydrogen (secondary N) is 1. The number of amides is 1. The summed E-state index contributed by atoms with van der Waals surface area (Å²) in [5.74, 6) is -0.520. The monoisotopic (exact) mass is 540 g/mol. The summed E-state index contributed by atoms with van der Waals surface area (Å²) < 4.78 is 11.6. The Balaban J connectivity index is 1.55. The van der Waals surface area contributed by atoms with E-state index in [4.69, 9.17) is 4.74 Å². The Morgan fingerprint density at radius 3 is 2.50 bits per heavy atom. The third kappa shape index (κ3) is 5.80. The van der Waals surface area contributed by atoms with Crippen molar-refractivity contribution in [2.24, 2.45) is 0 Å². The van der Waals surface area contributed by atoms with Gasteiger partial charge in [-0.25, -0.2) is 4.79 Å². The Labute approximate surface area is 216 Å². The second kappa shape index (κ2) is 11.3. The normalized spacial score (nSPS) is 11.0. The molecular formula is C29H21BrN2O4. The van der Waals surface area contributed by atoms with Gasteiger partial charge in [-0.1, -0.05) is 58.4 Å². The summed E-state index contributed by atoms with van der Waals surface area (Å²) in [6.45, 7) is 0.324. The zero-order chi connectivity index (χ0) is 25.5. The number of carbonyl (C=O) groups is 2. The molecule has 1 amide bonds. The van der Waals surface area contributed by atoms with Gasteiger partial charge in [-0.2, -0.15) is 5.26 Å². The van der Waals surface area contributed by atoms with Gasteiger partial charge < -0.3 is 14.8 Å². The van der Waals surface area contributed by atoms with Crippen LogP contribution >= 0.6 is 15.9 Å². The van der Waals surface area contributed by atoms with Gasteiger partial charge in [0.25, 0.3) is 5.91 Å². The van der Waals surface area contributed by atoms with Crippen molar-refractivity contribution in [3.05, 3.63) is 112 Å². The van der Waals surface area contributed by atoms with Crippen molar-refractivity contribution in [2.75, 3.05) is 12.4 Å². The molecule has 0 fully saturated rings. The molecule has 0 unspecified atom stereocenters. The number of esters is 1. The number of anilines is 1. The molecule has 0 atom stereocenters. The molecule has 0 saturated heterocycles. The number of hydrogen-bond donors (Lipinski definition) is 1. The van der Waals surface area contributed by atoms with E-state index in [1.807, 2.05) is 54.6 Å². The van der Waals surface area contributed by atoms with Crippen molar-refractivity contribution in [1.82, 2.24) is 0 Å². The molecular weight excluding hydrogens is 520 g/mol. The van der Waals surface area contributed by atoms with E-state index in [1.54, 1.807) is 24.3 Å².